The number of nitrogens with zero attached hydrogens (tertiary/aromatic N) is 1. The quantitative estimate of drug-likeness (QED) is 0.621. The van der Waals surface area contributed by atoms with Crippen LogP contribution < -0.4 is 10.6 Å². The van der Waals surface area contributed by atoms with Crippen LogP contribution in [0.25, 0.3) is 0 Å². The molecule has 1 heterocycles. The number of benzene rings is 1. The predicted molar refractivity (Wildman–Crippen MR) is 101 cm³/mol. The van der Waals surface area contributed by atoms with Gasteiger partial charge in [-0.3, -0.25) is 9.59 Å². The number of hydrogen-bond acceptors (Lipinski definition) is 6. The highest BCUT2D eigenvalue weighted by atomic mass is 32.2. The van der Waals surface area contributed by atoms with Crippen LogP contribution in [0, 0.1) is 0 Å². The molecule has 0 saturated carbocycles. The van der Waals surface area contributed by atoms with E-state index in [9.17, 15) is 22.8 Å². The number of nitrogens with one attached hydrogen (secondary N) is 2. The molecule has 0 bridgehead atoms. The first-order valence-electron chi connectivity index (χ1n) is 9.02. The second-order valence-electron chi connectivity index (χ2n) is 6.51. The van der Waals surface area contributed by atoms with Crippen molar-refractivity contribution in [2.75, 3.05) is 26.7 Å². The Morgan fingerprint density at radius 3 is 2.64 bits per heavy atom. The molecule has 2 N–H and O–H groups in total. The average molecular weight is 411 g/mol. The molecule has 28 heavy (non-hydrogen) atoms. The molecule has 2 rings (SSSR count). The number of likely N-dealkylation sites (N-methyl/N-ethyl adjacent to an activating group) is 1. The Balaban J connectivity index is 2.03. The lowest BCUT2D eigenvalue weighted by Gasteiger charge is -2.32. The lowest BCUT2D eigenvalue weighted by molar-refractivity contribution is -0.127. The Labute approximate surface area is 164 Å². The van der Waals surface area contributed by atoms with Gasteiger partial charge in [0.2, 0.25) is 15.9 Å². The molecular weight excluding hydrogens is 386 g/mol. The van der Waals surface area contributed by atoms with Crippen LogP contribution in [0.1, 0.15) is 36.5 Å². The summed E-state index contributed by atoms with van der Waals surface area (Å²) < 4.78 is 32.1. The van der Waals surface area contributed by atoms with Gasteiger partial charge in [0, 0.05) is 19.6 Å². The molecule has 9 nitrogen and oxygen atoms in total. The molecule has 1 saturated heterocycles. The SMILES string of the molecule is CNC(=O)CNC(=O)COC(=O)c1cccc(S(=O)(=O)N2CCCC[C@@H]2C)c1. The smallest absolute Gasteiger partial charge is 0.338 e. The Kier molecular flexibility index (Phi) is 7.53. The van der Waals surface area contributed by atoms with E-state index in [2.05, 4.69) is 10.6 Å². The molecule has 0 radical (unpaired) electrons. The summed E-state index contributed by atoms with van der Waals surface area (Å²) in [7, 11) is -2.29. The second kappa shape index (κ2) is 9.65. The minimum atomic E-state index is -3.72. The molecule has 0 spiro atoms. The summed E-state index contributed by atoms with van der Waals surface area (Å²) in [4.78, 5) is 34.9. The molecule has 0 aromatic heterocycles. The number of piperidine rings is 1. The molecular formula is C18H25N3O6S. The van der Waals surface area contributed by atoms with Gasteiger partial charge in [-0.05, 0) is 38.0 Å². The van der Waals surface area contributed by atoms with Crippen LogP contribution in [-0.2, 0) is 24.3 Å². The fourth-order valence-electron chi connectivity index (χ4n) is 2.88. The topological polar surface area (TPSA) is 122 Å². The van der Waals surface area contributed by atoms with Crippen LogP contribution in [-0.4, -0.2) is 63.3 Å². The van der Waals surface area contributed by atoms with E-state index in [0.29, 0.717) is 6.54 Å². The van der Waals surface area contributed by atoms with Crippen LogP contribution >= 0.6 is 0 Å². The van der Waals surface area contributed by atoms with Crippen molar-refractivity contribution in [1.82, 2.24) is 14.9 Å². The second-order valence-corrected chi connectivity index (χ2v) is 8.40. The predicted octanol–water partition coefficient (Wildman–Crippen LogP) is 0.269. The minimum absolute atomic E-state index is 0.0137. The van der Waals surface area contributed by atoms with Crippen molar-refractivity contribution in [2.45, 2.75) is 37.1 Å². The Morgan fingerprint density at radius 1 is 1.21 bits per heavy atom. The van der Waals surface area contributed by atoms with Crippen LogP contribution in [0.5, 0.6) is 0 Å². The Morgan fingerprint density at radius 2 is 1.96 bits per heavy atom. The van der Waals surface area contributed by atoms with E-state index in [-0.39, 0.29) is 29.0 Å². The first kappa shape index (κ1) is 21.8. The van der Waals surface area contributed by atoms with Crippen molar-refractivity contribution in [1.29, 1.82) is 0 Å². The Hall–Kier alpha value is -2.46. The third-order valence-corrected chi connectivity index (χ3v) is 6.49. The Bertz CT molecular complexity index is 839. The van der Waals surface area contributed by atoms with E-state index in [4.69, 9.17) is 4.74 Å². The molecule has 0 unspecified atom stereocenters. The molecule has 10 heteroatoms. The van der Waals surface area contributed by atoms with Crippen LogP contribution in [0.15, 0.2) is 29.2 Å². The fraction of sp³-hybridized carbons (Fsp3) is 0.500. The van der Waals surface area contributed by atoms with Crippen LogP contribution in [0.4, 0.5) is 0 Å². The zero-order valence-corrected chi connectivity index (χ0v) is 16.8. The largest absolute Gasteiger partial charge is 0.452 e. The maximum Gasteiger partial charge on any atom is 0.338 e. The number of carbonyl (C=O) groups excluding carboxylic acids is 3. The molecule has 1 atom stereocenters. The first-order chi connectivity index (χ1) is 13.3. The lowest BCUT2D eigenvalue weighted by atomic mass is 10.1. The van der Waals surface area contributed by atoms with Crippen molar-refractivity contribution < 1.29 is 27.5 Å². The van der Waals surface area contributed by atoms with Crippen molar-refractivity contribution in [3.05, 3.63) is 29.8 Å². The van der Waals surface area contributed by atoms with Crippen molar-refractivity contribution in [2.24, 2.45) is 0 Å². The van der Waals surface area contributed by atoms with E-state index in [1.807, 2.05) is 6.92 Å². The summed E-state index contributed by atoms with van der Waals surface area (Å²) in [5.74, 6) is -1.84. The van der Waals surface area contributed by atoms with Gasteiger partial charge in [0.25, 0.3) is 5.91 Å². The zero-order chi connectivity index (χ0) is 20.7. The van der Waals surface area contributed by atoms with Crippen LogP contribution in [0.3, 0.4) is 0 Å². The van der Waals surface area contributed by atoms with E-state index in [1.165, 1.54) is 35.6 Å². The van der Waals surface area contributed by atoms with E-state index in [1.54, 1.807) is 0 Å². The van der Waals surface area contributed by atoms with Gasteiger partial charge < -0.3 is 15.4 Å². The number of carbonyl (C=O) groups is 3. The molecule has 1 aliphatic heterocycles. The first-order valence-corrected chi connectivity index (χ1v) is 10.5. The molecule has 1 fully saturated rings. The monoisotopic (exact) mass is 411 g/mol. The molecule has 1 aliphatic rings. The lowest BCUT2D eigenvalue weighted by Crippen LogP contribution is -2.41. The van der Waals surface area contributed by atoms with Gasteiger partial charge in [-0.1, -0.05) is 12.5 Å². The molecule has 0 aliphatic carbocycles. The highest BCUT2D eigenvalue weighted by Gasteiger charge is 2.31. The third-order valence-electron chi connectivity index (χ3n) is 4.48. The maximum absolute atomic E-state index is 12.9. The summed E-state index contributed by atoms with van der Waals surface area (Å²) in [6.07, 6.45) is 2.59. The van der Waals surface area contributed by atoms with Gasteiger partial charge in [-0.2, -0.15) is 4.31 Å². The van der Waals surface area contributed by atoms with E-state index >= 15 is 0 Å². The fourth-order valence-corrected chi connectivity index (χ4v) is 4.63. The number of rotatable bonds is 7. The standard InChI is InChI=1S/C18H25N3O6S/c1-13-6-3-4-9-21(13)28(25,26)15-8-5-7-14(10-15)18(24)27-12-17(23)20-11-16(22)19-2/h5,7-8,10,13H,3-4,6,9,11-12H2,1-2H3,(H,19,22)(H,20,23)/t13-/m0/s1. The van der Waals surface area contributed by atoms with Crippen molar-refractivity contribution >= 4 is 27.8 Å². The number of sulfonamides is 1. The number of amides is 2. The normalized spacial score (nSPS) is 17.6. The van der Waals surface area contributed by atoms with E-state index in [0.717, 1.165) is 19.3 Å². The van der Waals surface area contributed by atoms with Gasteiger partial charge >= 0.3 is 5.97 Å². The molecule has 1 aromatic carbocycles. The third kappa shape index (κ3) is 5.52. The highest BCUT2D eigenvalue weighted by Crippen LogP contribution is 2.25. The van der Waals surface area contributed by atoms with Crippen molar-refractivity contribution in [3.63, 3.8) is 0 Å². The minimum Gasteiger partial charge on any atom is -0.452 e. The van der Waals surface area contributed by atoms with Gasteiger partial charge in [0.15, 0.2) is 6.61 Å². The summed E-state index contributed by atoms with van der Waals surface area (Å²) >= 11 is 0. The van der Waals surface area contributed by atoms with Gasteiger partial charge in [-0.25, -0.2) is 13.2 Å². The number of esters is 1. The highest BCUT2D eigenvalue weighted by molar-refractivity contribution is 7.89. The summed E-state index contributed by atoms with van der Waals surface area (Å²) in [5.41, 5.74) is 0.0323. The van der Waals surface area contributed by atoms with Gasteiger partial charge in [0.05, 0.1) is 17.0 Å². The van der Waals surface area contributed by atoms with Crippen molar-refractivity contribution in [3.8, 4) is 0 Å². The maximum atomic E-state index is 12.9. The molecule has 154 valence electrons. The van der Waals surface area contributed by atoms with E-state index < -0.39 is 28.5 Å². The van der Waals surface area contributed by atoms with Crippen LogP contribution in [0.2, 0.25) is 0 Å². The van der Waals surface area contributed by atoms with Gasteiger partial charge in [-0.15, -0.1) is 0 Å². The van der Waals surface area contributed by atoms with Gasteiger partial charge in [0.1, 0.15) is 0 Å². The summed E-state index contributed by atoms with van der Waals surface area (Å²) in [6, 6.07) is 5.47. The summed E-state index contributed by atoms with van der Waals surface area (Å²) in [5, 5.41) is 4.63. The zero-order valence-electron chi connectivity index (χ0n) is 15.9. The molecule has 2 amide bonds. The number of ether oxygens (including phenoxy) is 1. The molecule has 1 aromatic rings. The summed E-state index contributed by atoms with van der Waals surface area (Å²) in [6.45, 7) is 1.51. The number of hydrogen-bond donors (Lipinski definition) is 2. The average Bonchev–Trinajstić information content (AvgIpc) is 2.70.